The van der Waals surface area contributed by atoms with Crippen LogP contribution in [0.25, 0.3) is 0 Å². The number of hydrogen-bond donors (Lipinski definition) is 0. The summed E-state index contributed by atoms with van der Waals surface area (Å²) in [5.74, 6) is 2.05. The molecule has 0 aliphatic carbocycles. The van der Waals surface area contributed by atoms with Crippen LogP contribution in [0.2, 0.25) is 0 Å². The molecule has 2 atom stereocenters. The lowest BCUT2D eigenvalue weighted by Crippen LogP contribution is -2.44. The Balaban J connectivity index is 2.93. The lowest BCUT2D eigenvalue weighted by atomic mass is 9.83. The molecule has 1 heterocycles. The van der Waals surface area contributed by atoms with E-state index in [4.69, 9.17) is 0 Å². The molecule has 1 rings (SSSR count). The van der Waals surface area contributed by atoms with Gasteiger partial charge in [0.15, 0.2) is 0 Å². The highest BCUT2D eigenvalue weighted by molar-refractivity contribution is 5.79. The van der Waals surface area contributed by atoms with Gasteiger partial charge in [-0.3, -0.25) is 4.79 Å². The first-order valence-corrected chi connectivity index (χ1v) is 6.17. The molecular weight excluding hydrogens is 186 g/mol. The van der Waals surface area contributed by atoms with E-state index >= 15 is 0 Å². The third kappa shape index (κ3) is 2.35. The van der Waals surface area contributed by atoms with Crippen LogP contribution in [0.3, 0.4) is 0 Å². The molecule has 15 heavy (non-hydrogen) atoms. The van der Waals surface area contributed by atoms with Gasteiger partial charge in [0, 0.05) is 18.5 Å². The van der Waals surface area contributed by atoms with Crippen molar-refractivity contribution < 1.29 is 4.79 Å². The fourth-order valence-electron chi connectivity index (χ4n) is 2.88. The molecule has 1 aliphatic rings. The fourth-order valence-corrected chi connectivity index (χ4v) is 2.88. The van der Waals surface area contributed by atoms with Crippen molar-refractivity contribution in [3.05, 3.63) is 0 Å². The second kappa shape index (κ2) is 4.54. The number of hydrogen-bond acceptors (Lipinski definition) is 1. The molecule has 1 amide bonds. The third-order valence-corrected chi connectivity index (χ3v) is 3.55. The van der Waals surface area contributed by atoms with Gasteiger partial charge >= 0.3 is 0 Å². The van der Waals surface area contributed by atoms with E-state index in [0.29, 0.717) is 35.7 Å². The molecule has 1 saturated heterocycles. The van der Waals surface area contributed by atoms with Crippen molar-refractivity contribution in [2.24, 2.45) is 17.8 Å². The second-order valence-electron chi connectivity index (χ2n) is 5.74. The van der Waals surface area contributed by atoms with Gasteiger partial charge in [0.2, 0.25) is 5.91 Å². The van der Waals surface area contributed by atoms with Crippen LogP contribution >= 0.6 is 0 Å². The van der Waals surface area contributed by atoms with Gasteiger partial charge in [0.05, 0.1) is 0 Å². The Morgan fingerprint density at radius 2 is 1.60 bits per heavy atom. The van der Waals surface area contributed by atoms with Crippen LogP contribution in [-0.2, 0) is 4.79 Å². The molecule has 0 aromatic rings. The monoisotopic (exact) mass is 211 g/mol. The first-order chi connectivity index (χ1) is 6.86. The number of carbonyl (C=O) groups is 1. The Bertz CT molecular complexity index is 233. The first-order valence-electron chi connectivity index (χ1n) is 6.17. The predicted molar refractivity (Wildman–Crippen MR) is 63.6 cm³/mol. The van der Waals surface area contributed by atoms with Crippen LogP contribution in [0, 0.1) is 17.8 Å². The minimum atomic E-state index is 0.341. The van der Waals surface area contributed by atoms with Gasteiger partial charge < -0.3 is 4.90 Å². The Hall–Kier alpha value is -0.530. The second-order valence-corrected chi connectivity index (χ2v) is 5.74. The quantitative estimate of drug-likeness (QED) is 0.703. The smallest absolute Gasteiger partial charge is 0.223 e. The third-order valence-electron chi connectivity index (χ3n) is 3.55. The summed E-state index contributed by atoms with van der Waals surface area (Å²) in [7, 11) is 0. The molecule has 0 bridgehead atoms. The molecule has 2 nitrogen and oxygen atoms in total. The number of amides is 1. The molecule has 1 aliphatic heterocycles. The van der Waals surface area contributed by atoms with Gasteiger partial charge in [-0.25, -0.2) is 0 Å². The average Bonchev–Trinajstić information content (AvgIpc) is 2.42. The van der Waals surface area contributed by atoms with Crippen molar-refractivity contribution in [2.45, 2.75) is 60.0 Å². The van der Waals surface area contributed by atoms with Crippen LogP contribution in [0.15, 0.2) is 0 Å². The maximum absolute atomic E-state index is 12.0. The Labute approximate surface area is 94.0 Å². The normalized spacial score (nSPS) is 27.5. The molecular formula is C13H25NO. The molecule has 0 aromatic heterocycles. The van der Waals surface area contributed by atoms with E-state index in [2.05, 4.69) is 46.4 Å². The molecule has 0 spiro atoms. The highest BCUT2D eigenvalue weighted by Crippen LogP contribution is 2.36. The summed E-state index contributed by atoms with van der Waals surface area (Å²) < 4.78 is 0. The summed E-state index contributed by atoms with van der Waals surface area (Å²) in [6, 6.07) is 0.783. The van der Waals surface area contributed by atoms with Gasteiger partial charge in [-0.05, 0) is 31.6 Å². The summed E-state index contributed by atoms with van der Waals surface area (Å²) >= 11 is 0. The maximum Gasteiger partial charge on any atom is 0.223 e. The van der Waals surface area contributed by atoms with Crippen molar-refractivity contribution in [1.82, 2.24) is 4.90 Å². The van der Waals surface area contributed by atoms with Crippen molar-refractivity contribution >= 4 is 5.91 Å². The molecule has 0 radical (unpaired) electrons. The van der Waals surface area contributed by atoms with Crippen molar-refractivity contribution in [2.75, 3.05) is 0 Å². The van der Waals surface area contributed by atoms with E-state index in [9.17, 15) is 4.79 Å². The van der Waals surface area contributed by atoms with Gasteiger partial charge in [0.25, 0.3) is 0 Å². The minimum Gasteiger partial charge on any atom is -0.337 e. The zero-order valence-corrected chi connectivity index (χ0v) is 10.9. The van der Waals surface area contributed by atoms with Gasteiger partial charge in [-0.2, -0.15) is 0 Å². The van der Waals surface area contributed by atoms with E-state index < -0.39 is 0 Å². The summed E-state index contributed by atoms with van der Waals surface area (Å²) in [4.78, 5) is 14.1. The SMILES string of the molecule is CC(C)C1CC(=O)N(C(C)C)C1C(C)C. The first kappa shape index (κ1) is 12.5. The van der Waals surface area contributed by atoms with E-state index in [1.54, 1.807) is 0 Å². The van der Waals surface area contributed by atoms with Crippen LogP contribution < -0.4 is 0 Å². The Morgan fingerprint density at radius 1 is 1.07 bits per heavy atom. The Kier molecular flexibility index (Phi) is 3.80. The molecule has 0 aromatic carbocycles. The fraction of sp³-hybridized carbons (Fsp3) is 0.923. The largest absolute Gasteiger partial charge is 0.337 e. The van der Waals surface area contributed by atoms with Crippen molar-refractivity contribution in [1.29, 1.82) is 0 Å². The van der Waals surface area contributed by atoms with Crippen molar-refractivity contribution in [3.63, 3.8) is 0 Å². The number of rotatable bonds is 3. The highest BCUT2D eigenvalue weighted by Gasteiger charge is 2.43. The molecule has 2 heteroatoms. The molecule has 2 unspecified atom stereocenters. The molecule has 88 valence electrons. The zero-order valence-electron chi connectivity index (χ0n) is 10.9. The standard InChI is InChI=1S/C13H25NO/c1-8(2)11-7-12(15)14(10(5)6)13(11)9(3)4/h8-11,13H,7H2,1-6H3. The van der Waals surface area contributed by atoms with Crippen LogP contribution in [-0.4, -0.2) is 22.9 Å². The maximum atomic E-state index is 12.0. The van der Waals surface area contributed by atoms with Crippen LogP contribution in [0.1, 0.15) is 48.0 Å². The molecule has 1 fully saturated rings. The zero-order chi connectivity index (χ0) is 11.7. The molecule has 0 N–H and O–H groups in total. The molecule has 0 saturated carbocycles. The predicted octanol–water partition coefficient (Wildman–Crippen LogP) is 2.92. The van der Waals surface area contributed by atoms with Gasteiger partial charge in [0.1, 0.15) is 0 Å². The summed E-state index contributed by atoms with van der Waals surface area (Å²) in [5, 5.41) is 0. The summed E-state index contributed by atoms with van der Waals surface area (Å²) in [6.07, 6.45) is 0.749. The average molecular weight is 211 g/mol. The van der Waals surface area contributed by atoms with E-state index in [-0.39, 0.29) is 0 Å². The van der Waals surface area contributed by atoms with Gasteiger partial charge in [-0.1, -0.05) is 27.7 Å². The van der Waals surface area contributed by atoms with E-state index in [0.717, 1.165) is 6.42 Å². The van der Waals surface area contributed by atoms with E-state index in [1.165, 1.54) is 0 Å². The minimum absolute atomic E-state index is 0.341. The van der Waals surface area contributed by atoms with Crippen LogP contribution in [0.5, 0.6) is 0 Å². The van der Waals surface area contributed by atoms with Crippen LogP contribution in [0.4, 0.5) is 0 Å². The van der Waals surface area contributed by atoms with Crippen molar-refractivity contribution in [3.8, 4) is 0 Å². The topological polar surface area (TPSA) is 20.3 Å². The van der Waals surface area contributed by atoms with Gasteiger partial charge in [-0.15, -0.1) is 0 Å². The summed E-state index contributed by atoms with van der Waals surface area (Å²) in [5.41, 5.74) is 0. The number of likely N-dealkylation sites (tertiary alicyclic amines) is 1. The summed E-state index contributed by atoms with van der Waals surface area (Å²) in [6.45, 7) is 13.2. The lowest BCUT2D eigenvalue weighted by Gasteiger charge is -2.35. The number of carbonyl (C=O) groups excluding carboxylic acids is 1. The number of nitrogens with zero attached hydrogens (tertiary/aromatic N) is 1. The lowest BCUT2D eigenvalue weighted by molar-refractivity contribution is -0.131. The Morgan fingerprint density at radius 3 is 1.93 bits per heavy atom. The van der Waals surface area contributed by atoms with E-state index in [1.807, 2.05) is 0 Å². The highest BCUT2D eigenvalue weighted by atomic mass is 16.2.